The first-order valence-corrected chi connectivity index (χ1v) is 6.58. The van der Waals surface area contributed by atoms with Crippen LogP contribution in [0.25, 0.3) is 0 Å². The zero-order valence-electron chi connectivity index (χ0n) is 9.06. The zero-order valence-corrected chi connectivity index (χ0v) is 10.6. The Balaban J connectivity index is 2.08. The van der Waals surface area contributed by atoms with Crippen LogP contribution < -0.4 is 0 Å². The summed E-state index contributed by atoms with van der Waals surface area (Å²) in [6.07, 6.45) is 6.72. The highest BCUT2D eigenvalue weighted by molar-refractivity contribution is 9.09. The Labute approximate surface area is 95.5 Å². The van der Waals surface area contributed by atoms with Gasteiger partial charge in [-0.25, -0.2) is 0 Å². The third kappa shape index (κ3) is 3.87. The van der Waals surface area contributed by atoms with Gasteiger partial charge >= 0.3 is 0 Å². The fourth-order valence-electron chi connectivity index (χ4n) is 2.11. The van der Waals surface area contributed by atoms with E-state index in [1.165, 1.54) is 32.1 Å². The Morgan fingerprint density at radius 1 is 1.14 bits per heavy atom. The van der Waals surface area contributed by atoms with Crippen LogP contribution in [0.3, 0.4) is 0 Å². The quantitative estimate of drug-likeness (QED) is 0.520. The van der Waals surface area contributed by atoms with Gasteiger partial charge in [0.15, 0.2) is 0 Å². The molecule has 3 heteroatoms. The second kappa shape index (κ2) is 6.81. The van der Waals surface area contributed by atoms with E-state index in [1.807, 2.05) is 0 Å². The summed E-state index contributed by atoms with van der Waals surface area (Å²) < 4.78 is 10.4. The number of methoxy groups -OCH3 is 1. The zero-order chi connectivity index (χ0) is 10.3. The smallest absolute Gasteiger partial charge is 0.0700 e. The van der Waals surface area contributed by atoms with Crippen molar-refractivity contribution < 1.29 is 9.47 Å². The fraction of sp³-hybridized carbons (Fsp3) is 1.00. The number of hydrogen-bond acceptors (Lipinski definition) is 2. The third-order valence-electron chi connectivity index (χ3n) is 3.16. The molecule has 2 nitrogen and oxygen atoms in total. The highest BCUT2D eigenvalue weighted by Gasteiger charge is 2.32. The molecule has 0 unspecified atom stereocenters. The molecule has 0 aliphatic heterocycles. The number of rotatable bonds is 7. The van der Waals surface area contributed by atoms with Crippen LogP contribution >= 0.6 is 15.9 Å². The molecular weight excluding hydrogens is 244 g/mol. The standard InChI is InChI=1S/C11H21BrO2/c1-13-8-9-14-7-6-11(10-12)4-2-3-5-11/h2-10H2,1H3. The van der Waals surface area contributed by atoms with E-state index in [2.05, 4.69) is 15.9 Å². The van der Waals surface area contributed by atoms with E-state index in [9.17, 15) is 0 Å². The highest BCUT2D eigenvalue weighted by Crippen LogP contribution is 2.42. The van der Waals surface area contributed by atoms with Gasteiger partial charge in [0, 0.05) is 19.0 Å². The maximum atomic E-state index is 5.52. The molecule has 0 atom stereocenters. The predicted octanol–water partition coefficient (Wildman–Crippen LogP) is 2.99. The van der Waals surface area contributed by atoms with Crippen molar-refractivity contribution >= 4 is 15.9 Å². The Hall–Kier alpha value is 0.400. The Morgan fingerprint density at radius 3 is 2.43 bits per heavy atom. The van der Waals surface area contributed by atoms with Crippen molar-refractivity contribution in [2.45, 2.75) is 32.1 Å². The van der Waals surface area contributed by atoms with Crippen molar-refractivity contribution in [1.29, 1.82) is 0 Å². The molecule has 84 valence electrons. The predicted molar refractivity (Wildman–Crippen MR) is 62.0 cm³/mol. The number of ether oxygens (including phenoxy) is 2. The van der Waals surface area contributed by atoms with Gasteiger partial charge in [-0.2, -0.15) is 0 Å². The lowest BCUT2D eigenvalue weighted by Gasteiger charge is -2.26. The van der Waals surface area contributed by atoms with E-state index >= 15 is 0 Å². The summed E-state index contributed by atoms with van der Waals surface area (Å²) in [4.78, 5) is 0. The molecule has 0 spiro atoms. The molecule has 0 saturated heterocycles. The van der Waals surface area contributed by atoms with E-state index in [1.54, 1.807) is 7.11 Å². The molecule has 0 N–H and O–H groups in total. The van der Waals surface area contributed by atoms with Crippen molar-refractivity contribution in [2.24, 2.45) is 5.41 Å². The summed E-state index contributed by atoms with van der Waals surface area (Å²) in [7, 11) is 1.71. The van der Waals surface area contributed by atoms with Gasteiger partial charge in [-0.15, -0.1) is 0 Å². The molecule has 0 heterocycles. The Kier molecular flexibility index (Phi) is 6.06. The minimum Gasteiger partial charge on any atom is -0.382 e. The summed E-state index contributed by atoms with van der Waals surface area (Å²) in [6, 6.07) is 0. The van der Waals surface area contributed by atoms with Gasteiger partial charge in [0.25, 0.3) is 0 Å². The minimum atomic E-state index is 0.535. The van der Waals surface area contributed by atoms with Crippen LogP contribution in [0.1, 0.15) is 32.1 Å². The van der Waals surface area contributed by atoms with E-state index in [4.69, 9.17) is 9.47 Å². The third-order valence-corrected chi connectivity index (χ3v) is 4.35. The highest BCUT2D eigenvalue weighted by atomic mass is 79.9. The van der Waals surface area contributed by atoms with Crippen LogP contribution in [-0.2, 0) is 9.47 Å². The average Bonchev–Trinajstić information content (AvgIpc) is 2.67. The average molecular weight is 265 g/mol. The van der Waals surface area contributed by atoms with Crippen LogP contribution in [0.15, 0.2) is 0 Å². The van der Waals surface area contributed by atoms with Crippen LogP contribution in [-0.4, -0.2) is 32.3 Å². The summed E-state index contributed by atoms with van der Waals surface area (Å²) in [5, 5.41) is 1.13. The molecule has 1 fully saturated rings. The van der Waals surface area contributed by atoms with Crippen molar-refractivity contribution in [3.63, 3.8) is 0 Å². The van der Waals surface area contributed by atoms with Crippen molar-refractivity contribution in [1.82, 2.24) is 0 Å². The largest absolute Gasteiger partial charge is 0.382 e. The molecule has 0 bridgehead atoms. The molecule has 0 aromatic carbocycles. The molecular formula is C11H21BrO2. The summed E-state index contributed by atoms with van der Waals surface area (Å²) in [5.74, 6) is 0. The molecule has 14 heavy (non-hydrogen) atoms. The second-order valence-electron chi connectivity index (χ2n) is 4.20. The Morgan fingerprint density at radius 2 is 1.86 bits per heavy atom. The normalized spacial score (nSPS) is 20.1. The monoisotopic (exact) mass is 264 g/mol. The van der Waals surface area contributed by atoms with E-state index in [0.717, 1.165) is 18.5 Å². The second-order valence-corrected chi connectivity index (χ2v) is 4.76. The van der Waals surface area contributed by atoms with Crippen LogP contribution in [0.4, 0.5) is 0 Å². The van der Waals surface area contributed by atoms with Crippen molar-refractivity contribution in [3.05, 3.63) is 0 Å². The lowest BCUT2D eigenvalue weighted by Crippen LogP contribution is -2.21. The van der Waals surface area contributed by atoms with Gasteiger partial charge in [-0.3, -0.25) is 0 Å². The molecule has 0 aromatic heterocycles. The van der Waals surface area contributed by atoms with Gasteiger partial charge in [0.05, 0.1) is 13.2 Å². The maximum absolute atomic E-state index is 5.52. The molecule has 0 amide bonds. The molecule has 1 saturated carbocycles. The van der Waals surface area contributed by atoms with Gasteiger partial charge in [0.2, 0.25) is 0 Å². The van der Waals surface area contributed by atoms with Crippen LogP contribution in [0.2, 0.25) is 0 Å². The summed E-state index contributed by atoms with van der Waals surface area (Å²) in [6.45, 7) is 2.32. The van der Waals surface area contributed by atoms with Crippen LogP contribution in [0, 0.1) is 5.41 Å². The van der Waals surface area contributed by atoms with E-state index in [0.29, 0.717) is 12.0 Å². The van der Waals surface area contributed by atoms with Crippen molar-refractivity contribution in [3.8, 4) is 0 Å². The molecule has 0 aromatic rings. The minimum absolute atomic E-state index is 0.535. The topological polar surface area (TPSA) is 18.5 Å². The maximum Gasteiger partial charge on any atom is 0.0700 e. The van der Waals surface area contributed by atoms with E-state index in [-0.39, 0.29) is 0 Å². The lowest BCUT2D eigenvalue weighted by atomic mass is 9.85. The van der Waals surface area contributed by atoms with Gasteiger partial charge in [-0.1, -0.05) is 28.8 Å². The number of halogens is 1. The van der Waals surface area contributed by atoms with E-state index < -0.39 is 0 Å². The molecule has 0 radical (unpaired) electrons. The fourth-order valence-corrected chi connectivity index (χ4v) is 2.95. The first-order valence-electron chi connectivity index (χ1n) is 5.46. The summed E-state index contributed by atoms with van der Waals surface area (Å²) >= 11 is 3.64. The number of alkyl halides is 1. The first-order chi connectivity index (χ1) is 6.83. The Bertz CT molecular complexity index is 144. The lowest BCUT2D eigenvalue weighted by molar-refractivity contribution is 0.0552. The van der Waals surface area contributed by atoms with Gasteiger partial charge < -0.3 is 9.47 Å². The number of hydrogen-bond donors (Lipinski definition) is 0. The summed E-state index contributed by atoms with van der Waals surface area (Å²) in [5.41, 5.74) is 0.535. The molecule has 1 aliphatic rings. The SMILES string of the molecule is COCCOCCC1(CBr)CCCC1. The van der Waals surface area contributed by atoms with Crippen molar-refractivity contribution in [2.75, 3.05) is 32.3 Å². The molecule has 1 rings (SSSR count). The van der Waals surface area contributed by atoms with Gasteiger partial charge in [0.1, 0.15) is 0 Å². The molecule has 1 aliphatic carbocycles. The van der Waals surface area contributed by atoms with Gasteiger partial charge in [-0.05, 0) is 24.7 Å². The first kappa shape index (κ1) is 12.5. The van der Waals surface area contributed by atoms with Crippen LogP contribution in [0.5, 0.6) is 0 Å².